The van der Waals surface area contributed by atoms with Crippen molar-refractivity contribution in [3.05, 3.63) is 0 Å². The fourth-order valence-electron chi connectivity index (χ4n) is 3.24. The molecule has 0 aromatic carbocycles. The minimum atomic E-state index is 0.334. The zero-order chi connectivity index (χ0) is 10.7. The first-order valence-corrected chi connectivity index (χ1v) is 6.40. The number of unbranched alkanes of at least 4 members (excludes halogenated alkanes) is 1. The Balaban J connectivity index is 1.77. The van der Waals surface area contributed by atoms with Gasteiger partial charge < -0.3 is 15.7 Å². The molecular weight excluding hydrogens is 188 g/mol. The molecule has 0 bridgehead atoms. The van der Waals surface area contributed by atoms with E-state index in [9.17, 15) is 0 Å². The van der Waals surface area contributed by atoms with E-state index in [-0.39, 0.29) is 0 Å². The van der Waals surface area contributed by atoms with E-state index in [1.165, 1.54) is 32.4 Å². The first kappa shape index (κ1) is 11.4. The number of aliphatic hydroxyl groups excluding tert-OH is 1. The van der Waals surface area contributed by atoms with Crippen LogP contribution in [-0.4, -0.2) is 42.3 Å². The lowest BCUT2D eigenvalue weighted by molar-refractivity contribution is 0.255. The van der Waals surface area contributed by atoms with E-state index in [0.717, 1.165) is 31.2 Å². The van der Waals surface area contributed by atoms with E-state index >= 15 is 0 Å². The second-order valence-corrected chi connectivity index (χ2v) is 5.21. The van der Waals surface area contributed by atoms with Crippen LogP contribution in [0.4, 0.5) is 0 Å². The van der Waals surface area contributed by atoms with Gasteiger partial charge in [0.1, 0.15) is 0 Å². The van der Waals surface area contributed by atoms with Crippen LogP contribution in [0.5, 0.6) is 0 Å². The van der Waals surface area contributed by atoms with Crippen molar-refractivity contribution >= 4 is 0 Å². The quantitative estimate of drug-likeness (QED) is 0.678. The second-order valence-electron chi connectivity index (χ2n) is 5.21. The summed E-state index contributed by atoms with van der Waals surface area (Å²) >= 11 is 0. The van der Waals surface area contributed by atoms with Crippen molar-refractivity contribution in [2.75, 3.05) is 26.2 Å². The molecule has 3 nitrogen and oxygen atoms in total. The van der Waals surface area contributed by atoms with Gasteiger partial charge in [-0.05, 0) is 44.1 Å². The highest BCUT2D eigenvalue weighted by Gasteiger charge is 2.38. The van der Waals surface area contributed by atoms with Crippen molar-refractivity contribution in [3.8, 4) is 0 Å². The molecule has 3 atom stereocenters. The highest BCUT2D eigenvalue weighted by atomic mass is 16.2. The summed E-state index contributed by atoms with van der Waals surface area (Å²) in [5.74, 6) is 1.62. The molecule has 0 spiro atoms. The smallest absolute Gasteiger partial charge is 0.0431 e. The Morgan fingerprint density at radius 1 is 1.20 bits per heavy atom. The summed E-state index contributed by atoms with van der Waals surface area (Å²) < 4.78 is 0. The van der Waals surface area contributed by atoms with Crippen molar-refractivity contribution in [3.63, 3.8) is 0 Å². The molecule has 0 aromatic rings. The van der Waals surface area contributed by atoms with Gasteiger partial charge in [0.05, 0.1) is 0 Å². The number of hydrogen-bond acceptors (Lipinski definition) is 3. The van der Waals surface area contributed by atoms with E-state index in [4.69, 9.17) is 10.8 Å². The Kier molecular flexibility index (Phi) is 4.00. The molecule has 2 aliphatic rings. The lowest BCUT2D eigenvalue weighted by Gasteiger charge is -2.29. The van der Waals surface area contributed by atoms with Gasteiger partial charge >= 0.3 is 0 Å². The molecule has 3 N–H and O–H groups in total. The number of nitrogens with zero attached hydrogens (tertiary/aromatic N) is 1. The number of nitrogens with two attached hydrogens (primary N) is 1. The molecule has 15 heavy (non-hydrogen) atoms. The molecule has 3 unspecified atom stereocenters. The molecular formula is C12H24N2O. The van der Waals surface area contributed by atoms with E-state index in [1.807, 2.05) is 0 Å². The van der Waals surface area contributed by atoms with Crippen LogP contribution in [0.2, 0.25) is 0 Å². The molecule has 1 heterocycles. The summed E-state index contributed by atoms with van der Waals surface area (Å²) in [6, 6.07) is 0.451. The molecule has 0 radical (unpaired) electrons. The van der Waals surface area contributed by atoms with E-state index in [1.54, 1.807) is 0 Å². The molecule has 1 aliphatic carbocycles. The zero-order valence-electron chi connectivity index (χ0n) is 9.57. The third kappa shape index (κ3) is 2.71. The topological polar surface area (TPSA) is 49.5 Å². The number of likely N-dealkylation sites (tertiary alicyclic amines) is 1. The lowest BCUT2D eigenvalue weighted by atomic mass is 9.78. The van der Waals surface area contributed by atoms with Gasteiger partial charge in [-0.15, -0.1) is 0 Å². The van der Waals surface area contributed by atoms with Crippen LogP contribution in [0.1, 0.15) is 32.1 Å². The number of fused-ring (bicyclic) bond motifs is 1. The number of hydrogen-bond donors (Lipinski definition) is 2. The Morgan fingerprint density at radius 2 is 2.07 bits per heavy atom. The Hall–Kier alpha value is -0.120. The van der Waals surface area contributed by atoms with Crippen LogP contribution >= 0.6 is 0 Å². The minimum absolute atomic E-state index is 0.334. The van der Waals surface area contributed by atoms with Gasteiger partial charge in [0.25, 0.3) is 0 Å². The van der Waals surface area contributed by atoms with Crippen molar-refractivity contribution in [1.82, 2.24) is 4.90 Å². The standard InChI is InChI=1S/C12H24N2O/c13-12-5-3-4-10-8-14(9-11(10)12)6-1-2-7-15/h10-12,15H,1-9,13H2. The zero-order valence-corrected chi connectivity index (χ0v) is 9.57. The molecule has 3 heteroatoms. The first-order valence-electron chi connectivity index (χ1n) is 6.40. The molecule has 1 saturated heterocycles. The molecule has 2 fully saturated rings. The van der Waals surface area contributed by atoms with Crippen LogP contribution < -0.4 is 5.73 Å². The normalized spacial score (nSPS) is 36.8. The summed E-state index contributed by atoms with van der Waals surface area (Å²) in [5, 5.41) is 8.75. The predicted octanol–water partition coefficient (Wildman–Crippen LogP) is 0.818. The maximum atomic E-state index is 8.75. The van der Waals surface area contributed by atoms with Crippen LogP contribution in [0, 0.1) is 11.8 Å². The summed E-state index contributed by atoms with van der Waals surface area (Å²) in [4.78, 5) is 2.55. The monoisotopic (exact) mass is 212 g/mol. The van der Waals surface area contributed by atoms with Gasteiger partial charge in [-0.2, -0.15) is 0 Å². The number of aliphatic hydroxyl groups is 1. The minimum Gasteiger partial charge on any atom is -0.396 e. The van der Waals surface area contributed by atoms with E-state index in [0.29, 0.717) is 12.6 Å². The van der Waals surface area contributed by atoms with Crippen molar-refractivity contribution in [1.29, 1.82) is 0 Å². The average Bonchev–Trinajstić information content (AvgIpc) is 2.63. The van der Waals surface area contributed by atoms with Crippen LogP contribution in [0.25, 0.3) is 0 Å². The predicted molar refractivity (Wildman–Crippen MR) is 61.6 cm³/mol. The van der Waals surface area contributed by atoms with Gasteiger partial charge in [0.15, 0.2) is 0 Å². The van der Waals surface area contributed by atoms with Crippen molar-refractivity contribution in [2.24, 2.45) is 17.6 Å². The van der Waals surface area contributed by atoms with Gasteiger partial charge in [-0.3, -0.25) is 0 Å². The lowest BCUT2D eigenvalue weighted by Crippen LogP contribution is -2.38. The summed E-state index contributed by atoms with van der Waals surface area (Å²) in [6.45, 7) is 3.95. The fourth-order valence-corrected chi connectivity index (χ4v) is 3.24. The van der Waals surface area contributed by atoms with Crippen molar-refractivity contribution < 1.29 is 5.11 Å². The summed E-state index contributed by atoms with van der Waals surface area (Å²) in [5.41, 5.74) is 6.17. The van der Waals surface area contributed by atoms with Crippen LogP contribution in [0.3, 0.4) is 0 Å². The second kappa shape index (κ2) is 5.28. The molecule has 0 amide bonds. The highest BCUT2D eigenvalue weighted by molar-refractivity contribution is 4.92. The number of rotatable bonds is 4. The average molecular weight is 212 g/mol. The maximum absolute atomic E-state index is 8.75. The van der Waals surface area contributed by atoms with Gasteiger partial charge in [0.2, 0.25) is 0 Å². The van der Waals surface area contributed by atoms with Crippen molar-refractivity contribution in [2.45, 2.75) is 38.1 Å². The molecule has 88 valence electrons. The summed E-state index contributed by atoms with van der Waals surface area (Å²) in [6.07, 6.45) is 6.01. The highest BCUT2D eigenvalue weighted by Crippen LogP contribution is 2.35. The molecule has 1 saturated carbocycles. The largest absolute Gasteiger partial charge is 0.396 e. The van der Waals surface area contributed by atoms with Gasteiger partial charge in [-0.1, -0.05) is 6.42 Å². The Bertz CT molecular complexity index is 198. The third-order valence-corrected chi connectivity index (χ3v) is 4.11. The Labute approximate surface area is 92.6 Å². The molecule has 2 rings (SSSR count). The van der Waals surface area contributed by atoms with E-state index in [2.05, 4.69) is 4.90 Å². The van der Waals surface area contributed by atoms with Crippen LogP contribution in [-0.2, 0) is 0 Å². The third-order valence-electron chi connectivity index (χ3n) is 4.11. The molecule has 1 aliphatic heterocycles. The SMILES string of the molecule is NC1CCCC2CN(CCCCO)CC12. The van der Waals surface area contributed by atoms with Gasteiger partial charge in [-0.25, -0.2) is 0 Å². The summed E-state index contributed by atoms with van der Waals surface area (Å²) in [7, 11) is 0. The Morgan fingerprint density at radius 3 is 2.80 bits per heavy atom. The first-order chi connectivity index (χ1) is 7.31. The van der Waals surface area contributed by atoms with Gasteiger partial charge in [0, 0.05) is 25.7 Å². The van der Waals surface area contributed by atoms with E-state index < -0.39 is 0 Å². The fraction of sp³-hybridized carbons (Fsp3) is 1.00. The van der Waals surface area contributed by atoms with Crippen LogP contribution in [0.15, 0.2) is 0 Å². The maximum Gasteiger partial charge on any atom is 0.0431 e. The molecule has 0 aromatic heterocycles.